The number of carbonyl (C=O) groups is 1. The van der Waals surface area contributed by atoms with Crippen molar-refractivity contribution in [3.63, 3.8) is 0 Å². The van der Waals surface area contributed by atoms with Crippen molar-refractivity contribution in [2.75, 3.05) is 44.2 Å². The molecule has 1 unspecified atom stereocenters. The topological polar surface area (TPSA) is 26.8 Å². The van der Waals surface area contributed by atoms with E-state index in [0.29, 0.717) is 22.3 Å². The first-order chi connectivity index (χ1) is 13.6. The number of rotatable bonds is 3. The fourth-order valence-electron chi connectivity index (χ4n) is 4.28. The Morgan fingerprint density at radius 1 is 1.00 bits per heavy atom. The van der Waals surface area contributed by atoms with E-state index >= 15 is 0 Å². The van der Waals surface area contributed by atoms with E-state index in [4.69, 9.17) is 11.6 Å². The van der Waals surface area contributed by atoms with Gasteiger partial charge in [-0.05, 0) is 43.2 Å². The average Bonchev–Trinajstić information content (AvgIpc) is 2.74. The fraction of sp³-hybridized carbons (Fsp3) is 0.409. The number of para-hydroxylation sites is 1. The summed E-state index contributed by atoms with van der Waals surface area (Å²) in [7, 11) is 0. The van der Waals surface area contributed by atoms with Crippen molar-refractivity contribution >= 4 is 23.2 Å². The van der Waals surface area contributed by atoms with Gasteiger partial charge in [-0.3, -0.25) is 9.69 Å². The molecule has 2 aliphatic heterocycles. The van der Waals surface area contributed by atoms with Gasteiger partial charge in [-0.25, -0.2) is 4.39 Å². The van der Waals surface area contributed by atoms with E-state index in [9.17, 15) is 9.18 Å². The van der Waals surface area contributed by atoms with E-state index in [2.05, 4.69) is 9.80 Å². The van der Waals surface area contributed by atoms with Gasteiger partial charge in [0.1, 0.15) is 5.82 Å². The molecule has 148 valence electrons. The lowest BCUT2D eigenvalue weighted by Gasteiger charge is -2.44. The minimum absolute atomic E-state index is 0.0530. The van der Waals surface area contributed by atoms with Crippen molar-refractivity contribution in [1.82, 2.24) is 9.80 Å². The Morgan fingerprint density at radius 2 is 1.79 bits per heavy atom. The third kappa shape index (κ3) is 4.15. The Kier molecular flexibility index (Phi) is 5.83. The zero-order valence-corrected chi connectivity index (χ0v) is 16.6. The molecule has 0 spiro atoms. The summed E-state index contributed by atoms with van der Waals surface area (Å²) in [5, 5.41) is 0.587. The summed E-state index contributed by atoms with van der Waals surface area (Å²) in [5.74, 6) is -0.107. The number of hydrogen-bond donors (Lipinski definition) is 0. The van der Waals surface area contributed by atoms with Crippen LogP contribution in [0.25, 0.3) is 0 Å². The van der Waals surface area contributed by atoms with Gasteiger partial charge in [0.05, 0.1) is 5.69 Å². The van der Waals surface area contributed by atoms with E-state index in [1.54, 1.807) is 18.2 Å². The van der Waals surface area contributed by atoms with Gasteiger partial charge in [0.2, 0.25) is 0 Å². The van der Waals surface area contributed by atoms with E-state index < -0.39 is 0 Å². The molecule has 2 heterocycles. The Balaban J connectivity index is 1.37. The van der Waals surface area contributed by atoms with Gasteiger partial charge < -0.3 is 9.80 Å². The van der Waals surface area contributed by atoms with Crippen molar-refractivity contribution in [3.8, 4) is 0 Å². The Bertz CT molecular complexity index is 838. The van der Waals surface area contributed by atoms with E-state index in [-0.39, 0.29) is 11.7 Å². The van der Waals surface area contributed by atoms with Crippen LogP contribution in [-0.4, -0.2) is 61.0 Å². The summed E-state index contributed by atoms with van der Waals surface area (Å²) in [4.78, 5) is 19.4. The van der Waals surface area contributed by atoms with Gasteiger partial charge >= 0.3 is 0 Å². The lowest BCUT2D eigenvalue weighted by Crippen LogP contribution is -2.56. The molecule has 2 saturated heterocycles. The molecule has 6 heteroatoms. The highest BCUT2D eigenvalue weighted by atomic mass is 35.5. The molecule has 2 aromatic rings. The molecule has 0 aromatic heterocycles. The Hall–Kier alpha value is -2.11. The van der Waals surface area contributed by atoms with Crippen LogP contribution in [0.5, 0.6) is 0 Å². The maximum Gasteiger partial charge on any atom is 0.253 e. The predicted octanol–water partition coefficient (Wildman–Crippen LogP) is 3.91. The largest absolute Gasteiger partial charge is 0.367 e. The number of carbonyl (C=O) groups excluding carboxylic acids is 1. The van der Waals surface area contributed by atoms with Crippen LogP contribution in [-0.2, 0) is 0 Å². The van der Waals surface area contributed by atoms with Gasteiger partial charge in [-0.2, -0.15) is 0 Å². The number of halogens is 2. The molecular formula is C22H25ClFN3O. The number of nitrogens with zero attached hydrogens (tertiary/aromatic N) is 3. The summed E-state index contributed by atoms with van der Waals surface area (Å²) in [5.41, 5.74) is 1.33. The van der Waals surface area contributed by atoms with Gasteiger partial charge in [0, 0.05) is 55.9 Å². The third-order valence-corrected chi connectivity index (χ3v) is 6.01. The molecule has 2 fully saturated rings. The number of piperidine rings is 1. The summed E-state index contributed by atoms with van der Waals surface area (Å²) >= 11 is 6.04. The zero-order chi connectivity index (χ0) is 19.5. The maximum absolute atomic E-state index is 14.0. The molecule has 4 rings (SSSR count). The van der Waals surface area contributed by atoms with E-state index in [1.807, 2.05) is 29.2 Å². The van der Waals surface area contributed by atoms with Crippen LogP contribution in [0.3, 0.4) is 0 Å². The molecule has 0 radical (unpaired) electrons. The van der Waals surface area contributed by atoms with Crippen LogP contribution in [0.15, 0.2) is 48.5 Å². The predicted molar refractivity (Wildman–Crippen MR) is 111 cm³/mol. The molecule has 4 nitrogen and oxygen atoms in total. The highest BCUT2D eigenvalue weighted by Crippen LogP contribution is 2.24. The van der Waals surface area contributed by atoms with Crippen molar-refractivity contribution in [2.45, 2.75) is 18.9 Å². The highest BCUT2D eigenvalue weighted by Gasteiger charge is 2.30. The second-order valence-electron chi connectivity index (χ2n) is 7.53. The normalized spacial score (nSPS) is 21.0. The third-order valence-electron chi connectivity index (χ3n) is 5.78. The van der Waals surface area contributed by atoms with Crippen LogP contribution in [0, 0.1) is 5.82 Å². The van der Waals surface area contributed by atoms with Gasteiger partial charge in [-0.15, -0.1) is 0 Å². The Labute approximate surface area is 170 Å². The highest BCUT2D eigenvalue weighted by molar-refractivity contribution is 6.30. The number of amides is 1. The molecule has 0 saturated carbocycles. The monoisotopic (exact) mass is 401 g/mol. The fourth-order valence-corrected chi connectivity index (χ4v) is 4.47. The number of anilines is 1. The first kappa shape index (κ1) is 19.2. The first-order valence-corrected chi connectivity index (χ1v) is 10.3. The second-order valence-corrected chi connectivity index (χ2v) is 7.97. The molecular weight excluding hydrogens is 377 g/mol. The van der Waals surface area contributed by atoms with E-state index in [1.165, 1.54) is 6.07 Å². The molecule has 1 atom stereocenters. The summed E-state index contributed by atoms with van der Waals surface area (Å²) in [6.07, 6.45) is 2.10. The molecule has 0 aliphatic carbocycles. The molecule has 0 bridgehead atoms. The number of likely N-dealkylation sites (tertiary alicyclic amines) is 1. The number of piperazine rings is 1. The quantitative estimate of drug-likeness (QED) is 0.780. The minimum atomic E-state index is -0.160. The molecule has 1 amide bonds. The summed E-state index contributed by atoms with van der Waals surface area (Å²) < 4.78 is 14.0. The van der Waals surface area contributed by atoms with Crippen LogP contribution < -0.4 is 4.90 Å². The van der Waals surface area contributed by atoms with E-state index in [0.717, 1.165) is 52.1 Å². The van der Waals surface area contributed by atoms with Crippen LogP contribution in [0.2, 0.25) is 5.02 Å². The van der Waals surface area contributed by atoms with Crippen LogP contribution >= 0.6 is 11.6 Å². The van der Waals surface area contributed by atoms with Crippen molar-refractivity contribution < 1.29 is 9.18 Å². The van der Waals surface area contributed by atoms with Crippen molar-refractivity contribution in [2.24, 2.45) is 0 Å². The smallest absolute Gasteiger partial charge is 0.253 e. The number of benzene rings is 2. The lowest BCUT2D eigenvalue weighted by molar-refractivity contribution is 0.0563. The average molecular weight is 402 g/mol. The van der Waals surface area contributed by atoms with Gasteiger partial charge in [0.25, 0.3) is 5.91 Å². The van der Waals surface area contributed by atoms with Gasteiger partial charge in [-0.1, -0.05) is 29.8 Å². The minimum Gasteiger partial charge on any atom is -0.367 e. The van der Waals surface area contributed by atoms with Crippen molar-refractivity contribution in [1.29, 1.82) is 0 Å². The Morgan fingerprint density at radius 3 is 2.54 bits per heavy atom. The molecule has 28 heavy (non-hydrogen) atoms. The standard InChI is InChI=1S/C22H25ClFN3O/c23-18-6-3-5-17(15-18)22(28)27-10-4-7-19(16-27)25-11-13-26(14-12-25)21-9-2-1-8-20(21)24/h1-3,5-6,8-9,15,19H,4,7,10-14,16H2. The maximum atomic E-state index is 14.0. The summed E-state index contributed by atoms with van der Waals surface area (Å²) in [6, 6.07) is 14.5. The zero-order valence-electron chi connectivity index (χ0n) is 15.9. The first-order valence-electron chi connectivity index (χ1n) is 9.90. The van der Waals surface area contributed by atoms with Gasteiger partial charge in [0.15, 0.2) is 0 Å². The molecule has 0 N–H and O–H groups in total. The molecule has 2 aromatic carbocycles. The van der Waals surface area contributed by atoms with Crippen LogP contribution in [0.1, 0.15) is 23.2 Å². The summed E-state index contributed by atoms with van der Waals surface area (Å²) in [6.45, 7) is 4.91. The van der Waals surface area contributed by atoms with Crippen LogP contribution in [0.4, 0.5) is 10.1 Å². The molecule has 2 aliphatic rings. The van der Waals surface area contributed by atoms with Crippen molar-refractivity contribution in [3.05, 3.63) is 64.9 Å². The second kappa shape index (κ2) is 8.50. The SMILES string of the molecule is O=C(c1cccc(Cl)c1)N1CCCC(N2CCN(c3ccccc3F)CC2)C1. The lowest BCUT2D eigenvalue weighted by atomic mass is 10.0. The number of hydrogen-bond acceptors (Lipinski definition) is 3.